The Hall–Kier alpha value is -1.50. The lowest BCUT2D eigenvalue weighted by atomic mass is 10.1. The van der Waals surface area contributed by atoms with Crippen molar-refractivity contribution in [3.63, 3.8) is 0 Å². The Morgan fingerprint density at radius 3 is 2.38 bits per heavy atom. The Morgan fingerprint density at radius 1 is 1.44 bits per heavy atom. The van der Waals surface area contributed by atoms with E-state index >= 15 is 0 Å². The summed E-state index contributed by atoms with van der Waals surface area (Å²) in [7, 11) is 0. The number of carboxylic acid groups (broad SMARTS) is 1. The van der Waals surface area contributed by atoms with Crippen LogP contribution in [-0.4, -0.2) is 35.5 Å². The van der Waals surface area contributed by atoms with Gasteiger partial charge in [0.15, 0.2) is 5.96 Å². The summed E-state index contributed by atoms with van der Waals surface area (Å²) in [5.41, 5.74) is 10.2. The van der Waals surface area contributed by atoms with Crippen molar-refractivity contribution < 1.29 is 14.7 Å². The molecule has 0 aromatic rings. The monoisotopic (exact) mass is 252 g/mol. The first-order valence-electron chi connectivity index (χ1n) is 4.48. The third kappa shape index (κ3) is 9.07. The predicted molar refractivity (Wildman–Crippen MR) is 62.4 cm³/mol. The van der Waals surface area contributed by atoms with Crippen LogP contribution < -0.4 is 16.8 Å². The number of carbonyl (C=O) groups is 2. The first-order chi connectivity index (χ1) is 6.93. The average molecular weight is 253 g/mol. The fraction of sp³-hybridized carbons (Fsp3) is 0.625. The summed E-state index contributed by atoms with van der Waals surface area (Å²) >= 11 is 0. The van der Waals surface area contributed by atoms with Crippen LogP contribution >= 0.6 is 12.4 Å². The third-order valence-corrected chi connectivity index (χ3v) is 1.62. The Balaban J connectivity index is 0. The van der Waals surface area contributed by atoms with Crippen LogP contribution in [0, 0.1) is 0 Å². The van der Waals surface area contributed by atoms with Gasteiger partial charge in [0.1, 0.15) is 6.04 Å². The quantitative estimate of drug-likeness (QED) is 0.275. The molecule has 0 bridgehead atoms. The summed E-state index contributed by atoms with van der Waals surface area (Å²) in [4.78, 5) is 25.0. The maximum Gasteiger partial charge on any atom is 0.326 e. The standard InChI is InChI=1S/C8H16N4O3.ClH/c1-5(13)12-6(7(14)15)3-2-4-11-8(9)10;/h6H,2-4H2,1H3,(H,12,13)(H,14,15)(H4,9,10,11);1H/t6-;/m0./s1. The second-order valence-corrected chi connectivity index (χ2v) is 3.04. The number of halogens is 1. The molecule has 0 saturated carbocycles. The van der Waals surface area contributed by atoms with Crippen molar-refractivity contribution in [3.05, 3.63) is 0 Å². The van der Waals surface area contributed by atoms with Gasteiger partial charge in [-0.05, 0) is 12.8 Å². The largest absolute Gasteiger partial charge is 0.480 e. The van der Waals surface area contributed by atoms with Crippen molar-refractivity contribution in [2.75, 3.05) is 6.54 Å². The highest BCUT2D eigenvalue weighted by Crippen LogP contribution is 1.98. The van der Waals surface area contributed by atoms with E-state index in [1.165, 1.54) is 6.92 Å². The van der Waals surface area contributed by atoms with Crippen LogP contribution in [0.25, 0.3) is 0 Å². The van der Waals surface area contributed by atoms with Crippen LogP contribution in [0.3, 0.4) is 0 Å². The smallest absolute Gasteiger partial charge is 0.326 e. The van der Waals surface area contributed by atoms with Gasteiger partial charge in [0, 0.05) is 13.5 Å². The van der Waals surface area contributed by atoms with Crippen molar-refractivity contribution >= 4 is 30.2 Å². The molecule has 0 aliphatic heterocycles. The van der Waals surface area contributed by atoms with E-state index in [1.54, 1.807) is 0 Å². The van der Waals surface area contributed by atoms with Crippen LogP contribution in [0.4, 0.5) is 0 Å². The number of carbonyl (C=O) groups excluding carboxylic acids is 1. The highest BCUT2D eigenvalue weighted by atomic mass is 35.5. The number of aliphatic imine (C=N–C) groups is 1. The van der Waals surface area contributed by atoms with Crippen LogP contribution in [-0.2, 0) is 9.59 Å². The van der Waals surface area contributed by atoms with E-state index in [2.05, 4.69) is 10.3 Å². The Morgan fingerprint density at radius 2 is 2.00 bits per heavy atom. The predicted octanol–water partition coefficient (Wildman–Crippen LogP) is -0.949. The van der Waals surface area contributed by atoms with E-state index in [0.717, 1.165) is 0 Å². The lowest BCUT2D eigenvalue weighted by molar-refractivity contribution is -0.141. The van der Waals surface area contributed by atoms with E-state index in [1.807, 2.05) is 0 Å². The first-order valence-corrected chi connectivity index (χ1v) is 4.48. The van der Waals surface area contributed by atoms with Gasteiger partial charge >= 0.3 is 5.97 Å². The molecule has 8 heteroatoms. The number of carboxylic acids is 1. The molecular weight excluding hydrogens is 236 g/mol. The van der Waals surface area contributed by atoms with Gasteiger partial charge in [-0.3, -0.25) is 9.79 Å². The van der Waals surface area contributed by atoms with E-state index in [-0.39, 0.29) is 24.3 Å². The minimum atomic E-state index is -1.06. The highest BCUT2D eigenvalue weighted by molar-refractivity contribution is 5.85. The molecule has 0 aromatic heterocycles. The minimum absolute atomic E-state index is 0. The Bertz CT molecular complexity index is 266. The van der Waals surface area contributed by atoms with E-state index < -0.39 is 12.0 Å². The first kappa shape index (κ1) is 16.9. The molecular formula is C8H17ClN4O3. The third-order valence-electron chi connectivity index (χ3n) is 1.62. The number of guanidine groups is 1. The maximum absolute atomic E-state index is 10.7. The maximum atomic E-state index is 10.7. The number of amides is 1. The van der Waals surface area contributed by atoms with Gasteiger partial charge in [-0.15, -0.1) is 12.4 Å². The Labute approximate surface area is 99.7 Å². The number of aliphatic carboxylic acids is 1. The molecule has 0 fully saturated rings. The van der Waals surface area contributed by atoms with Gasteiger partial charge in [-0.25, -0.2) is 4.79 Å². The van der Waals surface area contributed by atoms with Gasteiger partial charge in [0.05, 0.1) is 0 Å². The zero-order valence-electron chi connectivity index (χ0n) is 8.97. The normalized spacial score (nSPS) is 10.8. The van der Waals surface area contributed by atoms with Crippen molar-refractivity contribution in [3.8, 4) is 0 Å². The molecule has 94 valence electrons. The van der Waals surface area contributed by atoms with Crippen molar-refractivity contribution in [1.29, 1.82) is 0 Å². The van der Waals surface area contributed by atoms with Crippen LogP contribution in [0.2, 0.25) is 0 Å². The summed E-state index contributed by atoms with van der Waals surface area (Å²) in [6.07, 6.45) is 0.792. The number of nitrogens with two attached hydrogens (primary N) is 2. The van der Waals surface area contributed by atoms with E-state index in [4.69, 9.17) is 16.6 Å². The SMILES string of the molecule is CC(=O)N[C@@H](CCCN=C(N)N)C(=O)O.Cl. The van der Waals surface area contributed by atoms with Crippen LogP contribution in [0.5, 0.6) is 0 Å². The zero-order chi connectivity index (χ0) is 11.8. The molecule has 7 nitrogen and oxygen atoms in total. The summed E-state index contributed by atoms with van der Waals surface area (Å²) in [6, 6.07) is -0.878. The zero-order valence-corrected chi connectivity index (χ0v) is 9.79. The summed E-state index contributed by atoms with van der Waals surface area (Å²) in [5, 5.41) is 11.0. The second kappa shape index (κ2) is 8.78. The van der Waals surface area contributed by atoms with Gasteiger partial charge in [0.25, 0.3) is 0 Å². The summed E-state index contributed by atoms with van der Waals surface area (Å²) < 4.78 is 0. The topological polar surface area (TPSA) is 131 Å². The number of rotatable bonds is 6. The molecule has 0 unspecified atom stereocenters. The number of nitrogens with zero attached hydrogens (tertiary/aromatic N) is 1. The number of hydrogen-bond acceptors (Lipinski definition) is 3. The molecule has 6 N–H and O–H groups in total. The lowest BCUT2D eigenvalue weighted by Gasteiger charge is -2.11. The van der Waals surface area contributed by atoms with Crippen molar-refractivity contribution in [1.82, 2.24) is 5.32 Å². The van der Waals surface area contributed by atoms with E-state index in [9.17, 15) is 9.59 Å². The number of hydrogen-bond donors (Lipinski definition) is 4. The molecule has 0 heterocycles. The second-order valence-electron chi connectivity index (χ2n) is 3.04. The molecule has 1 amide bonds. The molecule has 1 atom stereocenters. The molecule has 0 aliphatic rings. The molecule has 0 aromatic carbocycles. The summed E-state index contributed by atoms with van der Waals surface area (Å²) in [5.74, 6) is -1.46. The molecule has 0 aliphatic carbocycles. The lowest BCUT2D eigenvalue weighted by Crippen LogP contribution is -2.39. The number of nitrogens with one attached hydrogen (secondary N) is 1. The highest BCUT2D eigenvalue weighted by Gasteiger charge is 2.17. The van der Waals surface area contributed by atoms with Gasteiger partial charge in [0.2, 0.25) is 5.91 Å². The molecule has 0 spiro atoms. The molecule has 0 saturated heterocycles. The van der Waals surface area contributed by atoms with Gasteiger partial charge in [-0.2, -0.15) is 0 Å². The van der Waals surface area contributed by atoms with Gasteiger partial charge in [-0.1, -0.05) is 0 Å². The average Bonchev–Trinajstić information content (AvgIpc) is 2.08. The minimum Gasteiger partial charge on any atom is -0.480 e. The van der Waals surface area contributed by atoms with Crippen molar-refractivity contribution in [2.24, 2.45) is 16.5 Å². The van der Waals surface area contributed by atoms with E-state index in [0.29, 0.717) is 19.4 Å². The fourth-order valence-electron chi connectivity index (χ4n) is 1.01. The fourth-order valence-corrected chi connectivity index (χ4v) is 1.01. The van der Waals surface area contributed by atoms with Crippen LogP contribution in [0.1, 0.15) is 19.8 Å². The van der Waals surface area contributed by atoms with Crippen LogP contribution in [0.15, 0.2) is 4.99 Å². The molecule has 16 heavy (non-hydrogen) atoms. The molecule has 0 rings (SSSR count). The molecule has 0 radical (unpaired) electrons. The van der Waals surface area contributed by atoms with Crippen molar-refractivity contribution in [2.45, 2.75) is 25.8 Å². The Kier molecular flexibility index (Phi) is 9.28. The van der Waals surface area contributed by atoms with Gasteiger partial charge < -0.3 is 21.9 Å². The summed E-state index contributed by atoms with van der Waals surface area (Å²) in [6.45, 7) is 1.62.